The Labute approximate surface area is 181 Å². The lowest BCUT2D eigenvalue weighted by Crippen LogP contribution is -2.38. The number of halogens is 1. The van der Waals surface area contributed by atoms with Crippen molar-refractivity contribution < 1.29 is 4.79 Å². The minimum atomic E-state index is 0.0681. The molecule has 2 heterocycles. The third kappa shape index (κ3) is 4.26. The molecule has 1 aromatic heterocycles. The van der Waals surface area contributed by atoms with Gasteiger partial charge in [0.25, 0.3) is 0 Å². The van der Waals surface area contributed by atoms with E-state index < -0.39 is 0 Å². The van der Waals surface area contributed by atoms with Crippen LogP contribution in [0.4, 0.5) is 0 Å². The van der Waals surface area contributed by atoms with Crippen LogP contribution in [0.2, 0.25) is 0 Å². The Balaban J connectivity index is 1.48. The minimum Gasteiger partial charge on any atom is -0.354 e. The number of rotatable bonds is 8. The maximum atomic E-state index is 11.6. The highest BCUT2D eigenvalue weighted by atomic mass is 35.5. The predicted octanol–water partition coefficient (Wildman–Crippen LogP) is 3.83. The Morgan fingerprint density at radius 2 is 2.27 bits per heavy atom. The van der Waals surface area contributed by atoms with Crippen LogP contribution in [0.25, 0.3) is 5.57 Å². The van der Waals surface area contributed by atoms with Crippen LogP contribution in [0.3, 0.4) is 0 Å². The fraction of sp³-hybridized carbons (Fsp3) is 0.455. The molecule has 30 heavy (non-hydrogen) atoms. The first-order valence-corrected chi connectivity index (χ1v) is 11.0. The molecule has 3 aliphatic rings. The molecule has 158 valence electrons. The van der Waals surface area contributed by atoms with Gasteiger partial charge in [-0.2, -0.15) is 5.21 Å². The highest BCUT2D eigenvalue weighted by molar-refractivity contribution is 6.31. The molecule has 0 aromatic carbocycles. The number of aromatic nitrogens is 4. The van der Waals surface area contributed by atoms with Crippen LogP contribution in [-0.2, 0) is 4.79 Å². The van der Waals surface area contributed by atoms with E-state index in [4.69, 9.17) is 11.6 Å². The third-order valence-corrected chi connectivity index (χ3v) is 6.20. The van der Waals surface area contributed by atoms with Gasteiger partial charge in [0.1, 0.15) is 17.0 Å². The lowest BCUT2D eigenvalue weighted by Gasteiger charge is -2.29. The number of nitrogens with zero attached hydrogens (tertiary/aromatic N) is 4. The fourth-order valence-electron chi connectivity index (χ4n) is 4.30. The number of aromatic amines is 1. The Kier molecular flexibility index (Phi) is 6.47. The number of carbonyl (C=O) groups excluding carboxylic acids is 1. The summed E-state index contributed by atoms with van der Waals surface area (Å²) in [6.45, 7) is 2.83. The summed E-state index contributed by atoms with van der Waals surface area (Å²) in [6, 6.07) is 0. The van der Waals surface area contributed by atoms with Crippen molar-refractivity contribution in [2.75, 3.05) is 6.54 Å². The van der Waals surface area contributed by atoms with Gasteiger partial charge in [-0.15, -0.1) is 10.2 Å². The number of unbranched alkanes of at least 4 members (excludes halogenated alkanes) is 1. The van der Waals surface area contributed by atoms with Gasteiger partial charge in [0, 0.05) is 18.0 Å². The summed E-state index contributed by atoms with van der Waals surface area (Å²) in [6.07, 6.45) is 18.0. The highest BCUT2D eigenvalue weighted by Gasteiger charge is 2.30. The first kappa shape index (κ1) is 20.6. The van der Waals surface area contributed by atoms with E-state index in [1.807, 2.05) is 0 Å². The quantitative estimate of drug-likeness (QED) is 0.485. The Bertz CT molecular complexity index is 927. The van der Waals surface area contributed by atoms with Crippen LogP contribution in [-0.4, -0.2) is 44.5 Å². The van der Waals surface area contributed by atoms with Crippen molar-refractivity contribution in [2.45, 2.75) is 51.6 Å². The molecule has 4 rings (SSSR count). The largest absolute Gasteiger partial charge is 0.354 e. The molecule has 1 aliphatic heterocycles. The van der Waals surface area contributed by atoms with Crippen molar-refractivity contribution in [1.29, 1.82) is 0 Å². The summed E-state index contributed by atoms with van der Waals surface area (Å²) in [5.41, 5.74) is 4.17. The number of allylic oxidation sites excluding steroid dienone is 7. The number of hydrogen-bond acceptors (Lipinski definition) is 6. The van der Waals surface area contributed by atoms with Crippen LogP contribution < -0.4 is 5.32 Å². The molecule has 0 amide bonds. The summed E-state index contributed by atoms with van der Waals surface area (Å²) in [7, 11) is 0. The molecule has 0 saturated heterocycles. The predicted molar refractivity (Wildman–Crippen MR) is 117 cm³/mol. The van der Waals surface area contributed by atoms with Crippen LogP contribution in [0.5, 0.6) is 0 Å². The summed E-state index contributed by atoms with van der Waals surface area (Å²) in [5.74, 6) is 0.978. The van der Waals surface area contributed by atoms with E-state index in [9.17, 15) is 4.79 Å². The first-order chi connectivity index (χ1) is 14.7. The molecule has 1 aromatic rings. The van der Waals surface area contributed by atoms with Crippen molar-refractivity contribution in [1.82, 2.24) is 30.8 Å². The minimum absolute atomic E-state index is 0.0681. The first-order valence-electron chi connectivity index (χ1n) is 10.6. The van der Waals surface area contributed by atoms with Gasteiger partial charge in [-0.1, -0.05) is 55.3 Å². The topological polar surface area (TPSA) is 86.8 Å². The molecule has 2 aliphatic carbocycles. The van der Waals surface area contributed by atoms with Gasteiger partial charge in [-0.05, 0) is 48.5 Å². The molecule has 2 atom stereocenters. The van der Waals surface area contributed by atoms with E-state index in [1.54, 1.807) is 0 Å². The lowest BCUT2D eigenvalue weighted by molar-refractivity contribution is -0.106. The molecule has 0 unspecified atom stereocenters. The van der Waals surface area contributed by atoms with Crippen LogP contribution in [0.1, 0.15) is 51.3 Å². The number of H-pyrrole nitrogens is 1. The van der Waals surface area contributed by atoms with Crippen molar-refractivity contribution in [3.8, 4) is 0 Å². The molecule has 0 saturated carbocycles. The molecule has 0 spiro atoms. The molecule has 2 N–H and O–H groups in total. The normalized spacial score (nSPS) is 23.8. The lowest BCUT2D eigenvalue weighted by atomic mass is 9.83. The maximum Gasteiger partial charge on any atom is 0.200 e. The second-order valence-electron chi connectivity index (χ2n) is 7.84. The van der Waals surface area contributed by atoms with Gasteiger partial charge >= 0.3 is 0 Å². The van der Waals surface area contributed by atoms with Crippen LogP contribution in [0, 0.1) is 5.92 Å². The van der Waals surface area contributed by atoms with E-state index >= 15 is 0 Å². The summed E-state index contributed by atoms with van der Waals surface area (Å²) < 4.78 is 0. The van der Waals surface area contributed by atoms with E-state index in [-0.39, 0.29) is 12.1 Å². The molecule has 0 bridgehead atoms. The Morgan fingerprint density at radius 3 is 2.97 bits per heavy atom. The average molecular weight is 427 g/mol. The SMILES string of the molecule is CCCC[C@H]1NC(Cl)=C(C=O)N1CC1=CC[C@H](C2=C(c3nn[nH]n3)CCC=C2)C=C1. The number of hydrogen-bond donors (Lipinski definition) is 2. The molecule has 7 nitrogen and oxygen atoms in total. The molecule has 0 radical (unpaired) electrons. The van der Waals surface area contributed by atoms with E-state index in [1.165, 1.54) is 16.7 Å². The monoisotopic (exact) mass is 426 g/mol. The standard InChI is InChI=1S/C22H27ClN6O/c1-2-3-8-20-24-21(23)19(14-30)29(20)13-15-9-11-16(12-10-15)17-6-4-5-7-18(17)22-25-27-28-26-22/h4,6,9-11,14,16,20,24H,2-3,5,7-8,12-13H2,1H3,(H,25,26,27,28)/t16-,20+/m1/s1. The van der Waals surface area contributed by atoms with Gasteiger partial charge < -0.3 is 10.2 Å². The number of nitrogens with one attached hydrogen (secondary N) is 2. The van der Waals surface area contributed by atoms with E-state index in [2.05, 4.69) is 68.1 Å². The van der Waals surface area contributed by atoms with Crippen molar-refractivity contribution in [3.63, 3.8) is 0 Å². The van der Waals surface area contributed by atoms with Gasteiger partial charge in [0.2, 0.25) is 5.82 Å². The van der Waals surface area contributed by atoms with Crippen LogP contribution >= 0.6 is 11.6 Å². The fourth-order valence-corrected chi connectivity index (χ4v) is 4.58. The van der Waals surface area contributed by atoms with E-state index in [0.29, 0.717) is 23.2 Å². The molecule has 0 fully saturated rings. The Morgan fingerprint density at radius 1 is 1.37 bits per heavy atom. The van der Waals surface area contributed by atoms with Gasteiger partial charge in [-0.3, -0.25) is 4.79 Å². The zero-order valence-corrected chi connectivity index (χ0v) is 17.9. The van der Waals surface area contributed by atoms with E-state index in [0.717, 1.165) is 44.8 Å². The average Bonchev–Trinajstić information content (AvgIpc) is 3.41. The summed E-state index contributed by atoms with van der Waals surface area (Å²) >= 11 is 6.28. The maximum absolute atomic E-state index is 11.6. The third-order valence-electron chi connectivity index (χ3n) is 5.90. The second-order valence-corrected chi connectivity index (χ2v) is 8.22. The van der Waals surface area contributed by atoms with Gasteiger partial charge in [0.15, 0.2) is 6.29 Å². The molecule has 8 heteroatoms. The number of aldehydes is 1. The van der Waals surface area contributed by atoms with Gasteiger partial charge in [0.05, 0.1) is 0 Å². The Hall–Kier alpha value is -2.67. The number of tetrazole rings is 1. The second kappa shape index (κ2) is 9.43. The highest BCUT2D eigenvalue weighted by Crippen LogP contribution is 2.35. The van der Waals surface area contributed by atoms with Crippen LogP contribution in [0.15, 0.2) is 52.4 Å². The molecular formula is C22H27ClN6O. The van der Waals surface area contributed by atoms with Crippen molar-refractivity contribution >= 4 is 23.5 Å². The van der Waals surface area contributed by atoms with Crippen molar-refractivity contribution in [2.24, 2.45) is 5.92 Å². The van der Waals surface area contributed by atoms with Gasteiger partial charge in [-0.25, -0.2) is 0 Å². The smallest absolute Gasteiger partial charge is 0.200 e. The molecular weight excluding hydrogens is 400 g/mol. The zero-order valence-electron chi connectivity index (χ0n) is 17.1. The summed E-state index contributed by atoms with van der Waals surface area (Å²) in [5, 5.41) is 18.3. The number of carbonyl (C=O) groups is 1. The summed E-state index contributed by atoms with van der Waals surface area (Å²) in [4.78, 5) is 13.7. The van der Waals surface area contributed by atoms with Crippen molar-refractivity contribution in [3.05, 3.63) is 58.2 Å². The zero-order chi connectivity index (χ0) is 20.9.